The fourth-order valence-corrected chi connectivity index (χ4v) is 3.64. The lowest BCUT2D eigenvalue weighted by Gasteiger charge is -2.16. The summed E-state index contributed by atoms with van der Waals surface area (Å²) < 4.78 is 4.82. The first-order chi connectivity index (χ1) is 16.5. The Balaban J connectivity index is 0. The van der Waals surface area contributed by atoms with Crippen LogP contribution in [0.25, 0.3) is 0 Å². The van der Waals surface area contributed by atoms with E-state index in [1.54, 1.807) is 6.08 Å². The van der Waals surface area contributed by atoms with Crippen LogP contribution in [-0.4, -0.2) is 54.9 Å². The maximum atomic E-state index is 9.80. The van der Waals surface area contributed by atoms with Gasteiger partial charge in [-0.05, 0) is 58.3 Å². The molecule has 0 radical (unpaired) electrons. The Morgan fingerprint density at radius 2 is 1.35 bits per heavy atom. The van der Waals surface area contributed by atoms with Gasteiger partial charge in [-0.2, -0.15) is 0 Å². The number of hydrogen-bond donors (Lipinski definition) is 7. The van der Waals surface area contributed by atoms with Crippen LogP contribution in [-0.2, 0) is 4.52 Å². The van der Waals surface area contributed by atoms with Gasteiger partial charge in [0.15, 0.2) is 0 Å². The summed E-state index contributed by atoms with van der Waals surface area (Å²) in [5.41, 5.74) is 21.5. The van der Waals surface area contributed by atoms with E-state index in [9.17, 15) is 5.11 Å². The molecule has 0 aliphatic rings. The summed E-state index contributed by atoms with van der Waals surface area (Å²) in [5.74, 6) is 0. The molecule has 0 saturated carbocycles. The summed E-state index contributed by atoms with van der Waals surface area (Å²) >= 11 is 0. The van der Waals surface area contributed by atoms with Crippen molar-refractivity contribution in [1.82, 2.24) is 5.32 Å². The van der Waals surface area contributed by atoms with Gasteiger partial charge in [-0.3, -0.25) is 5.50 Å². The molecule has 11 N–H and O–H groups in total. The number of unbranched alkanes of at least 4 members (excludes halogenated alkanes) is 12. The van der Waals surface area contributed by atoms with Crippen LogP contribution in [0.15, 0.2) is 12.2 Å². The van der Waals surface area contributed by atoms with E-state index >= 15 is 0 Å². The zero-order valence-electron chi connectivity index (χ0n) is 22.0. The Hall–Kier alpha value is -0.150. The van der Waals surface area contributed by atoms with Crippen molar-refractivity contribution < 1.29 is 14.5 Å². The third-order valence-corrected chi connectivity index (χ3v) is 5.92. The van der Waals surface area contributed by atoms with E-state index in [4.69, 9.17) is 32.1 Å². The molecule has 0 heterocycles. The highest BCUT2D eigenvalue weighted by atomic mass is 31.2. The van der Waals surface area contributed by atoms with Crippen LogP contribution in [0.3, 0.4) is 0 Å². The minimum atomic E-state index is -1.90. The zero-order valence-corrected chi connectivity index (χ0v) is 22.9. The molecular weight excluding hydrogens is 449 g/mol. The molecular formula is C25H58N5O3P. The summed E-state index contributed by atoms with van der Waals surface area (Å²) in [6.45, 7) is 6.02. The molecule has 3 unspecified atom stereocenters. The Kier molecular flexibility index (Phi) is 32.7. The van der Waals surface area contributed by atoms with Crippen LogP contribution in [0.5, 0.6) is 0 Å². The molecule has 8 nitrogen and oxygen atoms in total. The Morgan fingerprint density at radius 3 is 1.88 bits per heavy atom. The second-order valence-electron chi connectivity index (χ2n) is 8.89. The maximum Gasteiger partial charge on any atom is 0.250 e. The number of nitrogens with two attached hydrogens (primary N) is 4. The third kappa shape index (κ3) is 31.9. The van der Waals surface area contributed by atoms with Gasteiger partial charge in [-0.25, -0.2) is 0 Å². The molecule has 206 valence electrons. The van der Waals surface area contributed by atoms with Gasteiger partial charge >= 0.3 is 0 Å². The van der Waals surface area contributed by atoms with Crippen molar-refractivity contribution in [3.05, 3.63) is 12.2 Å². The quantitative estimate of drug-likeness (QED) is 0.0588. The first-order valence-electron chi connectivity index (χ1n) is 13.6. The van der Waals surface area contributed by atoms with Gasteiger partial charge in [0.2, 0.25) is 8.53 Å². The lowest BCUT2D eigenvalue weighted by atomic mass is 10.0. The summed E-state index contributed by atoms with van der Waals surface area (Å²) in [6.07, 6.45) is 22.0. The highest BCUT2D eigenvalue weighted by molar-refractivity contribution is 7.43. The minimum Gasteiger partial charge on any atom is -0.387 e. The predicted octanol–water partition coefficient (Wildman–Crippen LogP) is 3.79. The summed E-state index contributed by atoms with van der Waals surface area (Å²) in [6, 6.07) is -0.556. The van der Waals surface area contributed by atoms with Gasteiger partial charge in [0, 0.05) is 0 Å². The van der Waals surface area contributed by atoms with Crippen LogP contribution in [0.2, 0.25) is 0 Å². The molecule has 0 amide bonds. The van der Waals surface area contributed by atoms with Gasteiger partial charge < -0.3 is 37.0 Å². The molecule has 0 saturated heterocycles. The van der Waals surface area contributed by atoms with Gasteiger partial charge in [0.25, 0.3) is 0 Å². The van der Waals surface area contributed by atoms with Gasteiger partial charge in [-0.15, -0.1) is 0 Å². The number of allylic oxidation sites excluding steroid dienone is 1. The number of rotatable bonds is 24. The fourth-order valence-electron chi connectivity index (χ4n) is 3.31. The maximum absolute atomic E-state index is 9.80. The molecule has 0 bridgehead atoms. The van der Waals surface area contributed by atoms with E-state index in [2.05, 4.69) is 12.2 Å². The van der Waals surface area contributed by atoms with Crippen molar-refractivity contribution in [2.45, 2.75) is 115 Å². The number of aliphatic hydroxyl groups is 1. The van der Waals surface area contributed by atoms with E-state index in [0.29, 0.717) is 0 Å². The summed E-state index contributed by atoms with van der Waals surface area (Å²) in [7, 11) is -1.90. The summed E-state index contributed by atoms with van der Waals surface area (Å²) in [4.78, 5) is 8.85. The molecule has 0 spiro atoms. The monoisotopic (exact) mass is 507 g/mol. The van der Waals surface area contributed by atoms with Crippen LogP contribution in [0.1, 0.15) is 103 Å². The van der Waals surface area contributed by atoms with Crippen molar-refractivity contribution in [2.24, 2.45) is 22.7 Å². The van der Waals surface area contributed by atoms with Crippen LogP contribution >= 0.6 is 8.53 Å². The van der Waals surface area contributed by atoms with Crippen LogP contribution in [0, 0.1) is 0 Å². The minimum absolute atomic E-state index is 0.0582. The van der Waals surface area contributed by atoms with E-state index in [0.717, 1.165) is 51.9 Å². The van der Waals surface area contributed by atoms with Crippen molar-refractivity contribution in [3.8, 4) is 0 Å². The van der Waals surface area contributed by atoms with Gasteiger partial charge in [0.1, 0.15) is 0 Å². The SMILES string of the molecule is CCCCCCCCCCCCCC=CC(O)C(N)COP(N)O.NCCCCNCCCN. The second kappa shape index (κ2) is 30.9. The van der Waals surface area contributed by atoms with E-state index < -0.39 is 20.7 Å². The first-order valence-corrected chi connectivity index (χ1v) is 14.8. The average Bonchev–Trinajstić information content (AvgIpc) is 2.83. The largest absolute Gasteiger partial charge is 0.387 e. The van der Waals surface area contributed by atoms with Crippen molar-refractivity contribution in [2.75, 3.05) is 32.8 Å². The smallest absolute Gasteiger partial charge is 0.250 e. The molecule has 3 atom stereocenters. The molecule has 0 rings (SSSR count). The highest BCUT2D eigenvalue weighted by Gasteiger charge is 2.13. The third-order valence-electron chi connectivity index (χ3n) is 5.51. The zero-order chi connectivity index (χ0) is 25.7. The predicted molar refractivity (Wildman–Crippen MR) is 148 cm³/mol. The molecule has 34 heavy (non-hydrogen) atoms. The molecule has 0 fully saturated rings. The average molecular weight is 508 g/mol. The fraction of sp³-hybridized carbons (Fsp3) is 0.920. The first kappa shape index (κ1) is 36.0. The molecule has 9 heteroatoms. The van der Waals surface area contributed by atoms with E-state index in [1.807, 2.05) is 6.08 Å². The van der Waals surface area contributed by atoms with E-state index in [-0.39, 0.29) is 6.61 Å². The lowest BCUT2D eigenvalue weighted by Crippen LogP contribution is -2.37. The van der Waals surface area contributed by atoms with Crippen LogP contribution < -0.4 is 28.0 Å². The molecule has 0 aromatic heterocycles. The van der Waals surface area contributed by atoms with Gasteiger partial charge in [0.05, 0.1) is 18.8 Å². The van der Waals surface area contributed by atoms with Crippen molar-refractivity contribution >= 4 is 8.53 Å². The Labute approximate surface area is 211 Å². The molecule has 0 aromatic carbocycles. The van der Waals surface area contributed by atoms with Crippen molar-refractivity contribution in [3.63, 3.8) is 0 Å². The number of nitrogens with one attached hydrogen (secondary N) is 1. The highest BCUT2D eigenvalue weighted by Crippen LogP contribution is 2.19. The summed E-state index contributed by atoms with van der Waals surface area (Å²) in [5, 5.41) is 13.1. The second-order valence-corrected chi connectivity index (χ2v) is 9.76. The topological polar surface area (TPSA) is 166 Å². The van der Waals surface area contributed by atoms with E-state index in [1.165, 1.54) is 70.6 Å². The standard InChI is InChI=1S/C18H39N2O3P.C7H19N3/c1-2-3-4-5-6-7-8-9-10-11-12-13-14-15-18(21)17(19)16-23-24(20)22;8-4-1-2-6-10-7-3-5-9/h14-15,17-18,21-22H,2-13,16,19-20H2,1H3;10H,1-9H2. The number of hydrogen-bond acceptors (Lipinski definition) is 8. The number of aliphatic hydroxyl groups excluding tert-OH is 1. The van der Waals surface area contributed by atoms with Crippen LogP contribution in [0.4, 0.5) is 0 Å². The van der Waals surface area contributed by atoms with Crippen molar-refractivity contribution in [1.29, 1.82) is 0 Å². The normalized spacial score (nSPS) is 14.1. The molecule has 0 aliphatic heterocycles. The lowest BCUT2D eigenvalue weighted by molar-refractivity contribution is 0.153. The molecule has 0 aliphatic carbocycles. The Bertz CT molecular complexity index is 399. The molecule has 0 aromatic rings. The Morgan fingerprint density at radius 1 is 0.824 bits per heavy atom. The van der Waals surface area contributed by atoms with Gasteiger partial charge in [-0.1, -0.05) is 83.3 Å².